The molecule has 2 N–H and O–H groups in total. The van der Waals surface area contributed by atoms with E-state index >= 15 is 0 Å². The molecule has 1 unspecified atom stereocenters. The molecule has 0 bridgehead atoms. The van der Waals surface area contributed by atoms with Gasteiger partial charge in [-0.3, -0.25) is 10.4 Å². The third-order valence-electron chi connectivity index (χ3n) is 5.97. The number of allylic oxidation sites excluding steroid dienone is 9. The predicted molar refractivity (Wildman–Crippen MR) is 150 cm³/mol. The Labute approximate surface area is 214 Å². The number of hydrogen-bond acceptors (Lipinski definition) is 6. The summed E-state index contributed by atoms with van der Waals surface area (Å²) < 4.78 is 5.62. The Morgan fingerprint density at radius 1 is 1.33 bits per heavy atom. The summed E-state index contributed by atoms with van der Waals surface area (Å²) in [4.78, 5) is 10.9. The Balaban J connectivity index is 1.72. The highest BCUT2D eigenvalue weighted by molar-refractivity contribution is 6.02. The molecule has 0 spiro atoms. The Bertz CT molecular complexity index is 1250. The molecule has 3 rings (SSSR count). The fourth-order valence-electron chi connectivity index (χ4n) is 4.02. The van der Waals surface area contributed by atoms with Gasteiger partial charge >= 0.3 is 0 Å². The van der Waals surface area contributed by atoms with E-state index in [0.717, 1.165) is 45.9 Å². The molecule has 0 radical (unpaired) electrons. The lowest BCUT2D eigenvalue weighted by molar-refractivity contribution is 0.388. The van der Waals surface area contributed by atoms with Crippen LogP contribution >= 0.6 is 0 Å². The van der Waals surface area contributed by atoms with Gasteiger partial charge in [0.05, 0.1) is 18.0 Å². The van der Waals surface area contributed by atoms with Gasteiger partial charge in [0.25, 0.3) is 0 Å². The molecule has 0 aliphatic carbocycles. The predicted octanol–water partition coefficient (Wildman–Crippen LogP) is 6.35. The normalized spacial score (nSPS) is 20.2. The molecule has 0 saturated heterocycles. The van der Waals surface area contributed by atoms with Crippen LogP contribution in [0.2, 0.25) is 0 Å². The Morgan fingerprint density at radius 3 is 2.75 bits per heavy atom. The van der Waals surface area contributed by atoms with Crippen LogP contribution < -0.4 is 5.32 Å². The molecule has 3 heterocycles. The van der Waals surface area contributed by atoms with Crippen molar-refractivity contribution in [3.05, 3.63) is 95.4 Å². The van der Waals surface area contributed by atoms with Gasteiger partial charge in [0.2, 0.25) is 0 Å². The standard InChI is InChI=1S/C29H36N6O/c1-8-11-21-12-13-35(7)27(14-21)26-16-24(36-34-26)17-28-32-20(6)25(29(30)33-28)15-22(9-2)23(10-3)18-31-19(4)5/h9-14,16,18,25H,4,6,8,15,17H2,1-3,5,7H3,(H2,30,32,33)/b21-11?,22-9+,23-10+,31-18-. The molecule has 188 valence electrons. The van der Waals surface area contributed by atoms with E-state index in [1.807, 2.05) is 63.4 Å². The maximum absolute atomic E-state index is 8.60. The highest BCUT2D eigenvalue weighted by Crippen LogP contribution is 2.28. The van der Waals surface area contributed by atoms with Crippen molar-refractivity contribution in [1.82, 2.24) is 15.4 Å². The number of aromatic nitrogens is 1. The third-order valence-corrected chi connectivity index (χ3v) is 5.97. The van der Waals surface area contributed by atoms with Crippen LogP contribution in [-0.2, 0) is 6.42 Å². The average Bonchev–Trinajstić information content (AvgIpc) is 3.29. The molecule has 0 saturated carbocycles. The molecule has 7 nitrogen and oxygen atoms in total. The zero-order chi connectivity index (χ0) is 26.2. The van der Waals surface area contributed by atoms with Crippen molar-refractivity contribution in [3.63, 3.8) is 0 Å². The highest BCUT2D eigenvalue weighted by atomic mass is 16.5. The van der Waals surface area contributed by atoms with E-state index in [9.17, 15) is 0 Å². The lowest BCUT2D eigenvalue weighted by atomic mass is 9.90. The molecule has 2 aliphatic heterocycles. The van der Waals surface area contributed by atoms with Crippen LogP contribution in [0.5, 0.6) is 0 Å². The summed E-state index contributed by atoms with van der Waals surface area (Å²) in [5.41, 5.74) is 6.44. The summed E-state index contributed by atoms with van der Waals surface area (Å²) in [7, 11) is 1.99. The van der Waals surface area contributed by atoms with E-state index in [1.165, 1.54) is 0 Å². The fourth-order valence-corrected chi connectivity index (χ4v) is 4.02. The van der Waals surface area contributed by atoms with Gasteiger partial charge in [-0.2, -0.15) is 0 Å². The molecule has 1 atom stereocenters. The van der Waals surface area contributed by atoms with Crippen LogP contribution in [0, 0.1) is 11.3 Å². The monoisotopic (exact) mass is 484 g/mol. The smallest absolute Gasteiger partial charge is 0.144 e. The van der Waals surface area contributed by atoms with Gasteiger partial charge in [-0.1, -0.05) is 43.5 Å². The first-order valence-electron chi connectivity index (χ1n) is 12.2. The van der Waals surface area contributed by atoms with E-state index in [2.05, 4.69) is 58.8 Å². The van der Waals surface area contributed by atoms with Gasteiger partial charge < -0.3 is 14.7 Å². The van der Waals surface area contributed by atoms with Crippen molar-refractivity contribution in [3.8, 4) is 0 Å². The summed E-state index contributed by atoms with van der Waals surface area (Å²) in [6, 6.07) is 1.92. The number of amidine groups is 2. The van der Waals surface area contributed by atoms with Crippen LogP contribution in [0.1, 0.15) is 52.0 Å². The van der Waals surface area contributed by atoms with Gasteiger partial charge in [0.1, 0.15) is 23.1 Å². The fraction of sp³-hybridized carbons (Fsp3) is 0.310. The second-order valence-electron chi connectivity index (χ2n) is 8.83. The molecule has 0 amide bonds. The van der Waals surface area contributed by atoms with Crippen molar-refractivity contribution >= 4 is 23.6 Å². The van der Waals surface area contributed by atoms with Crippen molar-refractivity contribution in [2.75, 3.05) is 7.05 Å². The SMILES string of the molecule is C=C(C)\N=C/C(=C\C)C(=C/C)/CC1C(=C)NC(Cc2cc(C3=CC(=CCC)C=CN3C)no2)=NC1=N. The topological polar surface area (TPSA) is 89.9 Å². The van der Waals surface area contributed by atoms with Gasteiger partial charge in [0, 0.05) is 36.9 Å². The van der Waals surface area contributed by atoms with Crippen LogP contribution in [0.3, 0.4) is 0 Å². The number of hydrogen-bond donors (Lipinski definition) is 2. The van der Waals surface area contributed by atoms with E-state index in [1.54, 1.807) is 0 Å². The maximum atomic E-state index is 8.60. The quantitative estimate of drug-likeness (QED) is 0.316. The van der Waals surface area contributed by atoms with Crippen LogP contribution in [0.4, 0.5) is 0 Å². The minimum atomic E-state index is -0.241. The van der Waals surface area contributed by atoms with E-state index < -0.39 is 0 Å². The summed E-state index contributed by atoms with van der Waals surface area (Å²) in [6.07, 6.45) is 16.2. The second kappa shape index (κ2) is 12.1. The van der Waals surface area contributed by atoms with Crippen molar-refractivity contribution < 1.29 is 4.52 Å². The number of aliphatic imine (C=N–C) groups is 2. The molecule has 1 aromatic heterocycles. The van der Waals surface area contributed by atoms with Crippen molar-refractivity contribution in [2.24, 2.45) is 15.9 Å². The number of rotatable bonds is 9. The Kier molecular flexibility index (Phi) is 8.95. The first-order chi connectivity index (χ1) is 17.2. The maximum Gasteiger partial charge on any atom is 0.144 e. The second-order valence-corrected chi connectivity index (χ2v) is 8.83. The Morgan fingerprint density at radius 2 is 2.11 bits per heavy atom. The summed E-state index contributed by atoms with van der Waals surface area (Å²) in [5, 5.41) is 16.2. The first kappa shape index (κ1) is 26.6. The van der Waals surface area contributed by atoms with E-state index in [4.69, 9.17) is 9.93 Å². The highest BCUT2D eigenvalue weighted by Gasteiger charge is 2.27. The first-order valence-corrected chi connectivity index (χ1v) is 12.2. The average molecular weight is 485 g/mol. The molecule has 0 aromatic carbocycles. The lowest BCUT2D eigenvalue weighted by Crippen LogP contribution is -2.37. The van der Waals surface area contributed by atoms with E-state index in [-0.39, 0.29) is 11.8 Å². The minimum absolute atomic E-state index is 0.241. The van der Waals surface area contributed by atoms with Crippen LogP contribution in [0.15, 0.2) is 98.4 Å². The van der Waals surface area contributed by atoms with Gasteiger partial charge in [-0.15, -0.1) is 0 Å². The molecule has 2 aliphatic rings. The van der Waals surface area contributed by atoms with Crippen LogP contribution in [-0.4, -0.2) is 35.0 Å². The third kappa shape index (κ3) is 6.56. The van der Waals surface area contributed by atoms with Crippen molar-refractivity contribution in [1.29, 1.82) is 5.41 Å². The number of nitrogens with one attached hydrogen (secondary N) is 2. The number of nitrogens with zero attached hydrogens (tertiary/aromatic N) is 4. The van der Waals surface area contributed by atoms with Gasteiger partial charge in [-0.05, 0) is 62.5 Å². The zero-order valence-corrected chi connectivity index (χ0v) is 21.9. The molecular weight excluding hydrogens is 448 g/mol. The largest absolute Gasteiger partial charge is 0.360 e. The van der Waals surface area contributed by atoms with E-state index in [0.29, 0.717) is 24.4 Å². The van der Waals surface area contributed by atoms with Gasteiger partial charge in [0.15, 0.2) is 0 Å². The van der Waals surface area contributed by atoms with Gasteiger partial charge in [-0.25, -0.2) is 4.99 Å². The molecule has 0 fully saturated rings. The zero-order valence-electron chi connectivity index (χ0n) is 21.9. The minimum Gasteiger partial charge on any atom is -0.360 e. The lowest BCUT2D eigenvalue weighted by Gasteiger charge is -2.26. The van der Waals surface area contributed by atoms with Crippen LogP contribution in [0.25, 0.3) is 5.70 Å². The summed E-state index contributed by atoms with van der Waals surface area (Å²) in [5.74, 6) is 1.32. The molecular formula is C29H36N6O. The summed E-state index contributed by atoms with van der Waals surface area (Å²) >= 11 is 0. The molecule has 36 heavy (non-hydrogen) atoms. The molecule has 7 heteroatoms. The molecule has 1 aromatic rings. The van der Waals surface area contributed by atoms with Crippen molar-refractivity contribution in [2.45, 2.75) is 47.0 Å². The Hall–Kier alpha value is -4.00. The summed E-state index contributed by atoms with van der Waals surface area (Å²) in [6.45, 7) is 16.0.